The van der Waals surface area contributed by atoms with Crippen LogP contribution in [-0.4, -0.2) is 45.8 Å². The molecule has 2 N–H and O–H groups in total. The lowest BCUT2D eigenvalue weighted by Gasteiger charge is -2.28. The SMILES string of the molecule is C=C(C)C#C[C@H]1C[C@@H]2O[C@@H](C(C)(C)O)C[C@]23O[C@@H]3[C@@H]1O. The molecule has 4 nitrogen and oxygen atoms in total. The molecule has 1 saturated carbocycles. The molecule has 20 heavy (non-hydrogen) atoms. The molecule has 2 aliphatic heterocycles. The molecule has 110 valence electrons. The summed E-state index contributed by atoms with van der Waals surface area (Å²) in [6.45, 7) is 9.09. The van der Waals surface area contributed by atoms with E-state index in [4.69, 9.17) is 9.47 Å². The Hall–Kier alpha value is -0.860. The van der Waals surface area contributed by atoms with Gasteiger partial charge in [0.1, 0.15) is 11.7 Å². The Kier molecular flexibility index (Phi) is 3.04. The van der Waals surface area contributed by atoms with Gasteiger partial charge in [0, 0.05) is 6.42 Å². The van der Waals surface area contributed by atoms with Crippen molar-refractivity contribution in [2.24, 2.45) is 5.92 Å². The Balaban J connectivity index is 1.78. The molecule has 0 aromatic rings. The van der Waals surface area contributed by atoms with Crippen molar-refractivity contribution < 1.29 is 19.7 Å². The highest BCUT2D eigenvalue weighted by Gasteiger charge is 2.73. The van der Waals surface area contributed by atoms with Crippen molar-refractivity contribution in [2.45, 2.75) is 69.2 Å². The van der Waals surface area contributed by atoms with Crippen LogP contribution in [0.4, 0.5) is 0 Å². The van der Waals surface area contributed by atoms with Crippen molar-refractivity contribution in [1.82, 2.24) is 0 Å². The molecule has 2 heterocycles. The fourth-order valence-corrected chi connectivity index (χ4v) is 3.38. The van der Waals surface area contributed by atoms with Crippen molar-refractivity contribution in [1.29, 1.82) is 0 Å². The van der Waals surface area contributed by atoms with E-state index in [2.05, 4.69) is 18.4 Å². The molecule has 6 atom stereocenters. The van der Waals surface area contributed by atoms with E-state index in [1.165, 1.54) is 0 Å². The van der Waals surface area contributed by atoms with Crippen LogP contribution < -0.4 is 0 Å². The van der Waals surface area contributed by atoms with Crippen molar-refractivity contribution in [3.8, 4) is 11.8 Å². The lowest BCUT2D eigenvalue weighted by atomic mass is 9.76. The molecule has 0 aromatic carbocycles. The van der Waals surface area contributed by atoms with Crippen LogP contribution in [0.1, 0.15) is 33.6 Å². The average molecular weight is 278 g/mol. The molecule has 4 heteroatoms. The lowest BCUT2D eigenvalue weighted by Crippen LogP contribution is -2.43. The first-order valence-electron chi connectivity index (χ1n) is 7.15. The smallest absolute Gasteiger partial charge is 0.126 e. The number of aliphatic hydroxyl groups excluding tert-OH is 1. The summed E-state index contributed by atoms with van der Waals surface area (Å²) in [4.78, 5) is 0. The van der Waals surface area contributed by atoms with Gasteiger partial charge in [-0.15, -0.1) is 0 Å². The Morgan fingerprint density at radius 1 is 1.45 bits per heavy atom. The minimum Gasteiger partial charge on any atom is -0.389 e. The van der Waals surface area contributed by atoms with Crippen LogP contribution in [0.3, 0.4) is 0 Å². The van der Waals surface area contributed by atoms with Gasteiger partial charge in [-0.05, 0) is 32.8 Å². The van der Waals surface area contributed by atoms with E-state index in [-0.39, 0.29) is 24.2 Å². The van der Waals surface area contributed by atoms with Crippen LogP contribution in [0.15, 0.2) is 12.2 Å². The van der Waals surface area contributed by atoms with Gasteiger partial charge >= 0.3 is 0 Å². The van der Waals surface area contributed by atoms with Crippen molar-refractivity contribution in [3.63, 3.8) is 0 Å². The van der Waals surface area contributed by atoms with Crippen molar-refractivity contribution in [3.05, 3.63) is 12.2 Å². The lowest BCUT2D eigenvalue weighted by molar-refractivity contribution is -0.0918. The van der Waals surface area contributed by atoms with Gasteiger partial charge in [-0.3, -0.25) is 0 Å². The quantitative estimate of drug-likeness (QED) is 0.555. The average Bonchev–Trinajstić information content (AvgIpc) is 2.92. The summed E-state index contributed by atoms with van der Waals surface area (Å²) in [5.41, 5.74) is -0.509. The van der Waals surface area contributed by atoms with E-state index in [1.54, 1.807) is 13.8 Å². The van der Waals surface area contributed by atoms with E-state index in [0.29, 0.717) is 12.8 Å². The van der Waals surface area contributed by atoms with Crippen LogP contribution in [0.25, 0.3) is 0 Å². The Morgan fingerprint density at radius 3 is 2.75 bits per heavy atom. The number of epoxide rings is 1. The molecule has 0 unspecified atom stereocenters. The first-order chi connectivity index (χ1) is 9.24. The van der Waals surface area contributed by atoms with E-state index < -0.39 is 17.3 Å². The molecule has 0 bridgehead atoms. The third-order valence-electron chi connectivity index (χ3n) is 4.60. The normalized spacial score (nSPS) is 46.0. The highest BCUT2D eigenvalue weighted by Crippen LogP contribution is 2.58. The molecular weight excluding hydrogens is 256 g/mol. The van der Waals surface area contributed by atoms with E-state index in [9.17, 15) is 10.2 Å². The zero-order valence-corrected chi connectivity index (χ0v) is 12.2. The maximum Gasteiger partial charge on any atom is 0.126 e. The Bertz CT molecular complexity index is 495. The number of ether oxygens (including phenoxy) is 2. The maximum atomic E-state index is 10.3. The summed E-state index contributed by atoms with van der Waals surface area (Å²) in [6, 6.07) is 0. The number of hydrogen-bond acceptors (Lipinski definition) is 4. The monoisotopic (exact) mass is 278 g/mol. The largest absolute Gasteiger partial charge is 0.389 e. The van der Waals surface area contributed by atoms with Crippen molar-refractivity contribution >= 4 is 0 Å². The van der Waals surface area contributed by atoms with Gasteiger partial charge in [0.25, 0.3) is 0 Å². The Labute approximate surface area is 119 Å². The van der Waals surface area contributed by atoms with Crippen LogP contribution in [-0.2, 0) is 9.47 Å². The first kappa shape index (κ1) is 14.1. The van der Waals surface area contributed by atoms with Crippen molar-refractivity contribution in [2.75, 3.05) is 0 Å². The zero-order chi connectivity index (χ0) is 14.7. The molecule has 3 fully saturated rings. The molecule has 1 spiro atoms. The molecule has 0 amide bonds. The predicted molar refractivity (Wildman–Crippen MR) is 73.9 cm³/mol. The second kappa shape index (κ2) is 4.32. The molecular formula is C16H22O4. The van der Waals surface area contributed by atoms with Gasteiger partial charge < -0.3 is 19.7 Å². The summed E-state index contributed by atoms with van der Waals surface area (Å²) >= 11 is 0. The number of hydrogen-bond donors (Lipinski definition) is 2. The highest BCUT2D eigenvalue weighted by molar-refractivity contribution is 5.29. The number of rotatable bonds is 1. The van der Waals surface area contributed by atoms with Crippen LogP contribution in [0.5, 0.6) is 0 Å². The zero-order valence-electron chi connectivity index (χ0n) is 12.2. The highest BCUT2D eigenvalue weighted by atomic mass is 16.7. The fourth-order valence-electron chi connectivity index (χ4n) is 3.38. The minimum atomic E-state index is -0.896. The van der Waals surface area contributed by atoms with Gasteiger partial charge in [-0.2, -0.15) is 0 Å². The molecule has 2 saturated heterocycles. The molecule has 3 rings (SSSR count). The molecule has 0 radical (unpaired) electrons. The first-order valence-corrected chi connectivity index (χ1v) is 7.15. The fraction of sp³-hybridized carbons (Fsp3) is 0.750. The minimum absolute atomic E-state index is 0.0863. The van der Waals surface area contributed by atoms with E-state index in [0.717, 1.165) is 5.57 Å². The van der Waals surface area contributed by atoms with Crippen LogP contribution in [0.2, 0.25) is 0 Å². The summed E-state index contributed by atoms with van der Waals surface area (Å²) in [6.07, 6.45) is 0.156. The van der Waals surface area contributed by atoms with Gasteiger partial charge in [-0.25, -0.2) is 0 Å². The summed E-state index contributed by atoms with van der Waals surface area (Å²) in [7, 11) is 0. The summed E-state index contributed by atoms with van der Waals surface area (Å²) in [5.74, 6) is 5.85. The second-order valence-corrected chi connectivity index (χ2v) is 6.85. The Morgan fingerprint density at radius 2 is 2.15 bits per heavy atom. The molecule has 3 aliphatic rings. The third-order valence-corrected chi connectivity index (χ3v) is 4.60. The third kappa shape index (κ3) is 2.10. The van der Waals surface area contributed by atoms with Gasteiger partial charge in [0.15, 0.2) is 0 Å². The molecule has 0 aromatic heterocycles. The van der Waals surface area contributed by atoms with E-state index >= 15 is 0 Å². The summed E-state index contributed by atoms with van der Waals surface area (Å²) < 4.78 is 11.8. The van der Waals surface area contributed by atoms with Gasteiger partial charge in [0.05, 0.1) is 29.8 Å². The van der Waals surface area contributed by atoms with Crippen LogP contribution in [0, 0.1) is 17.8 Å². The number of aliphatic hydroxyl groups is 2. The molecule has 1 aliphatic carbocycles. The predicted octanol–water partition coefficient (Wildman–Crippen LogP) is 1.01. The second-order valence-electron chi connectivity index (χ2n) is 6.85. The topological polar surface area (TPSA) is 62.2 Å². The number of allylic oxidation sites excluding steroid dienone is 1. The summed E-state index contributed by atoms with van der Waals surface area (Å²) in [5, 5.41) is 20.5. The van der Waals surface area contributed by atoms with Crippen LogP contribution >= 0.6 is 0 Å². The van der Waals surface area contributed by atoms with Gasteiger partial charge in [0.2, 0.25) is 0 Å². The standard InChI is InChI=1S/C16H22O4/c1-9(2)5-6-10-7-11-16(14(20-16)13(10)17)8-12(19-11)15(3,4)18/h10-14,17-18H,1,7-8H2,2-4H3/t10-,11-,12+,13+,14+,16-/m0/s1. The van der Waals surface area contributed by atoms with E-state index in [1.807, 2.05) is 6.92 Å². The van der Waals surface area contributed by atoms with Gasteiger partial charge in [-0.1, -0.05) is 18.4 Å². The maximum absolute atomic E-state index is 10.3.